The Bertz CT molecular complexity index is 1290. The number of aromatic nitrogens is 1. The molecule has 33 heavy (non-hydrogen) atoms. The summed E-state index contributed by atoms with van der Waals surface area (Å²) in [6.07, 6.45) is 1.66. The van der Waals surface area contributed by atoms with Crippen molar-refractivity contribution in [3.8, 4) is 5.69 Å². The van der Waals surface area contributed by atoms with Crippen LogP contribution in [-0.2, 0) is 9.53 Å². The Morgan fingerprint density at radius 1 is 1.06 bits per heavy atom. The summed E-state index contributed by atoms with van der Waals surface area (Å²) >= 11 is 5.91. The molecular weight excluding hydrogens is 442 g/mol. The van der Waals surface area contributed by atoms with Crippen LogP contribution in [0.4, 0.5) is 10.5 Å². The van der Waals surface area contributed by atoms with E-state index in [4.69, 9.17) is 16.3 Å². The van der Waals surface area contributed by atoms with E-state index in [-0.39, 0.29) is 11.7 Å². The fourth-order valence-electron chi connectivity index (χ4n) is 3.83. The highest BCUT2D eigenvalue weighted by Crippen LogP contribution is 2.27. The first kappa shape index (κ1) is 22.4. The first-order valence-corrected chi connectivity index (χ1v) is 10.8. The summed E-state index contributed by atoms with van der Waals surface area (Å²) in [5.74, 6) is -0.831. The van der Waals surface area contributed by atoms with Gasteiger partial charge < -0.3 is 14.6 Å². The Balaban J connectivity index is 1.67. The van der Waals surface area contributed by atoms with Crippen molar-refractivity contribution >= 4 is 41.3 Å². The van der Waals surface area contributed by atoms with Crippen LogP contribution in [0.15, 0.2) is 60.3 Å². The van der Waals surface area contributed by atoms with Crippen molar-refractivity contribution in [3.63, 3.8) is 0 Å². The van der Waals surface area contributed by atoms with E-state index in [2.05, 4.69) is 5.32 Å². The van der Waals surface area contributed by atoms with Crippen LogP contribution in [0.25, 0.3) is 11.8 Å². The maximum absolute atomic E-state index is 12.9. The minimum absolute atomic E-state index is 0.176. The molecule has 3 aromatic rings. The van der Waals surface area contributed by atoms with Crippen LogP contribution in [0, 0.1) is 13.8 Å². The van der Waals surface area contributed by atoms with Gasteiger partial charge in [-0.1, -0.05) is 17.7 Å². The average molecular weight is 464 g/mol. The average Bonchev–Trinajstić information content (AvgIpc) is 3.23. The maximum atomic E-state index is 12.9. The largest absolute Gasteiger partial charge is 0.462 e. The molecule has 1 saturated heterocycles. The van der Waals surface area contributed by atoms with E-state index >= 15 is 0 Å². The van der Waals surface area contributed by atoms with E-state index in [1.165, 1.54) is 0 Å². The van der Waals surface area contributed by atoms with Gasteiger partial charge in [-0.25, -0.2) is 14.5 Å². The monoisotopic (exact) mass is 463 g/mol. The number of carbonyl (C=O) groups excluding carboxylic acids is 3. The van der Waals surface area contributed by atoms with Crippen LogP contribution in [0.5, 0.6) is 0 Å². The zero-order valence-corrected chi connectivity index (χ0v) is 19.1. The van der Waals surface area contributed by atoms with Gasteiger partial charge in [-0.15, -0.1) is 0 Å². The molecule has 4 rings (SSSR count). The Morgan fingerprint density at radius 2 is 1.79 bits per heavy atom. The summed E-state index contributed by atoms with van der Waals surface area (Å²) in [5, 5.41) is 3.16. The number of ether oxygens (including phenoxy) is 1. The third-order valence-electron chi connectivity index (χ3n) is 5.35. The number of hydrogen-bond donors (Lipinski definition) is 1. The smallest absolute Gasteiger partial charge is 0.338 e. The van der Waals surface area contributed by atoms with Gasteiger partial charge in [-0.05, 0) is 80.9 Å². The number of nitrogens with zero attached hydrogens (tertiary/aromatic N) is 2. The summed E-state index contributed by atoms with van der Waals surface area (Å²) in [6, 6.07) is 15.0. The predicted octanol–water partition coefficient (Wildman–Crippen LogP) is 5.02. The van der Waals surface area contributed by atoms with Crippen LogP contribution in [0.2, 0.25) is 5.02 Å². The quantitative estimate of drug-likeness (QED) is 0.327. The number of carbonyl (C=O) groups is 3. The highest BCUT2D eigenvalue weighted by molar-refractivity contribution is 6.31. The number of rotatable bonds is 5. The van der Waals surface area contributed by atoms with E-state index in [0.29, 0.717) is 22.9 Å². The number of urea groups is 1. The highest BCUT2D eigenvalue weighted by atomic mass is 35.5. The molecule has 8 heteroatoms. The van der Waals surface area contributed by atoms with Gasteiger partial charge in [0.25, 0.3) is 5.91 Å². The lowest BCUT2D eigenvalue weighted by molar-refractivity contribution is -0.113. The molecule has 0 bridgehead atoms. The Hall–Kier alpha value is -3.84. The standard InChI is InChI=1S/C25H22ClN3O4/c1-4-33-24(31)17-6-5-7-21(13-17)28-15(2)12-18(16(28)3)14-22-23(30)29(25(32)27-22)20-10-8-19(26)9-11-20/h5-14H,4H2,1-3H3,(H,27,32)/b22-14+. The van der Waals surface area contributed by atoms with Gasteiger partial charge in [0.2, 0.25) is 0 Å². The number of imide groups is 1. The second-order valence-electron chi connectivity index (χ2n) is 7.54. The lowest BCUT2D eigenvalue weighted by Gasteiger charge is -2.11. The molecule has 2 aromatic carbocycles. The number of halogens is 1. The van der Waals surface area contributed by atoms with Crippen LogP contribution >= 0.6 is 11.6 Å². The Labute approximate surface area is 196 Å². The minimum atomic E-state index is -0.524. The second kappa shape index (κ2) is 8.96. The number of hydrogen-bond acceptors (Lipinski definition) is 4. The van der Waals surface area contributed by atoms with Crippen molar-refractivity contribution in [1.82, 2.24) is 9.88 Å². The van der Waals surface area contributed by atoms with Crippen molar-refractivity contribution in [2.45, 2.75) is 20.8 Å². The first-order valence-electron chi connectivity index (χ1n) is 10.4. The van der Waals surface area contributed by atoms with Gasteiger partial charge in [0.05, 0.1) is 17.9 Å². The van der Waals surface area contributed by atoms with E-state index in [1.807, 2.05) is 30.5 Å². The Kier molecular flexibility index (Phi) is 6.07. The number of benzene rings is 2. The maximum Gasteiger partial charge on any atom is 0.338 e. The number of nitrogens with one attached hydrogen (secondary N) is 1. The van der Waals surface area contributed by atoms with Crippen LogP contribution in [0.1, 0.15) is 34.2 Å². The molecule has 0 aliphatic carbocycles. The summed E-state index contributed by atoms with van der Waals surface area (Å²) < 4.78 is 7.08. The summed E-state index contributed by atoms with van der Waals surface area (Å²) in [5.41, 5.74) is 4.40. The molecule has 2 heterocycles. The molecule has 0 radical (unpaired) electrons. The minimum Gasteiger partial charge on any atom is -0.462 e. The van der Waals surface area contributed by atoms with Crippen LogP contribution < -0.4 is 10.2 Å². The Morgan fingerprint density at radius 3 is 2.48 bits per heavy atom. The molecule has 1 fully saturated rings. The summed E-state index contributed by atoms with van der Waals surface area (Å²) in [6.45, 7) is 5.91. The third kappa shape index (κ3) is 4.27. The normalized spacial score (nSPS) is 14.7. The molecule has 3 amide bonds. The molecule has 0 saturated carbocycles. The molecular formula is C25H22ClN3O4. The SMILES string of the molecule is CCOC(=O)c1cccc(-n2c(C)cc(/C=C3/NC(=O)N(c4ccc(Cl)cc4)C3=O)c2C)c1. The predicted molar refractivity (Wildman–Crippen MR) is 127 cm³/mol. The zero-order chi connectivity index (χ0) is 23.7. The van der Waals surface area contributed by atoms with Crippen molar-refractivity contribution < 1.29 is 19.1 Å². The van der Waals surface area contributed by atoms with Gasteiger partial charge in [-0.3, -0.25) is 4.79 Å². The van der Waals surface area contributed by atoms with Crippen molar-refractivity contribution in [2.75, 3.05) is 11.5 Å². The van der Waals surface area contributed by atoms with E-state index in [9.17, 15) is 14.4 Å². The van der Waals surface area contributed by atoms with E-state index < -0.39 is 11.9 Å². The van der Waals surface area contributed by atoms with Gasteiger partial charge in [-0.2, -0.15) is 0 Å². The number of esters is 1. The van der Waals surface area contributed by atoms with Crippen molar-refractivity contribution in [2.24, 2.45) is 0 Å². The van der Waals surface area contributed by atoms with E-state index in [0.717, 1.165) is 27.5 Å². The first-order chi connectivity index (χ1) is 15.8. The van der Waals surface area contributed by atoms with Crippen molar-refractivity contribution in [1.29, 1.82) is 0 Å². The van der Waals surface area contributed by atoms with Crippen molar-refractivity contribution in [3.05, 3.63) is 87.8 Å². The molecule has 0 spiro atoms. The number of anilines is 1. The zero-order valence-electron chi connectivity index (χ0n) is 18.4. The van der Waals surface area contributed by atoms with E-state index in [1.54, 1.807) is 55.5 Å². The lowest BCUT2D eigenvalue weighted by Crippen LogP contribution is -2.30. The number of aryl methyl sites for hydroxylation is 1. The number of amides is 3. The summed E-state index contributed by atoms with van der Waals surface area (Å²) in [4.78, 5) is 38.6. The highest BCUT2D eigenvalue weighted by Gasteiger charge is 2.35. The van der Waals surface area contributed by atoms with Gasteiger partial charge in [0.1, 0.15) is 5.70 Å². The molecule has 7 nitrogen and oxygen atoms in total. The van der Waals surface area contributed by atoms with Gasteiger partial charge >= 0.3 is 12.0 Å². The molecule has 1 aliphatic rings. The second-order valence-corrected chi connectivity index (χ2v) is 7.97. The van der Waals surface area contributed by atoms with Crippen LogP contribution in [0.3, 0.4) is 0 Å². The van der Waals surface area contributed by atoms with Crippen LogP contribution in [-0.4, -0.2) is 29.1 Å². The summed E-state index contributed by atoms with van der Waals surface area (Å²) in [7, 11) is 0. The molecule has 1 aliphatic heterocycles. The fraction of sp³-hybridized carbons (Fsp3) is 0.160. The fourth-order valence-corrected chi connectivity index (χ4v) is 3.96. The van der Waals surface area contributed by atoms with Gasteiger partial charge in [0, 0.05) is 22.1 Å². The van der Waals surface area contributed by atoms with Gasteiger partial charge in [0.15, 0.2) is 0 Å². The molecule has 0 unspecified atom stereocenters. The molecule has 1 N–H and O–H groups in total. The topological polar surface area (TPSA) is 80.6 Å². The molecule has 0 atom stereocenters. The third-order valence-corrected chi connectivity index (χ3v) is 5.60. The lowest BCUT2D eigenvalue weighted by atomic mass is 10.2. The molecule has 1 aromatic heterocycles. The molecule has 168 valence electrons.